The third kappa shape index (κ3) is 2.69. The van der Waals surface area contributed by atoms with Crippen molar-refractivity contribution in [1.29, 1.82) is 0 Å². The van der Waals surface area contributed by atoms with E-state index in [2.05, 4.69) is 9.97 Å². The minimum atomic E-state index is -0.243. The molecule has 1 aliphatic rings. The fourth-order valence-corrected chi connectivity index (χ4v) is 3.60. The topological polar surface area (TPSA) is 67.5 Å². The molecule has 0 fully saturated rings. The first-order chi connectivity index (χ1) is 12.4. The van der Waals surface area contributed by atoms with Gasteiger partial charge in [0.2, 0.25) is 5.78 Å². The first-order valence-corrected chi connectivity index (χ1v) is 8.71. The lowest BCUT2D eigenvalue weighted by molar-refractivity contribution is -0.116. The predicted octanol–water partition coefficient (Wildman–Crippen LogP) is 4.36. The van der Waals surface area contributed by atoms with Gasteiger partial charge in [0.1, 0.15) is 5.76 Å². The van der Waals surface area contributed by atoms with Crippen LogP contribution in [0.1, 0.15) is 37.9 Å². The maximum atomic E-state index is 12.9. The highest BCUT2D eigenvalue weighted by Gasteiger charge is 2.36. The van der Waals surface area contributed by atoms with Crippen molar-refractivity contribution in [3.05, 3.63) is 59.7 Å². The molecule has 0 bridgehead atoms. The third-order valence-electron chi connectivity index (χ3n) is 4.82. The summed E-state index contributed by atoms with van der Waals surface area (Å²) in [5, 5.41) is 10.7. The number of aromatic nitrogens is 3. The van der Waals surface area contributed by atoms with Crippen LogP contribution >= 0.6 is 0 Å². The van der Waals surface area contributed by atoms with Gasteiger partial charge in [0, 0.05) is 30.8 Å². The summed E-state index contributed by atoms with van der Waals surface area (Å²) in [5.74, 6) is 0.582. The first kappa shape index (κ1) is 16.5. The van der Waals surface area contributed by atoms with E-state index in [0.29, 0.717) is 35.6 Å². The van der Waals surface area contributed by atoms with Crippen LogP contribution in [0.4, 0.5) is 0 Å². The Kier molecular flexibility index (Phi) is 3.68. The van der Waals surface area contributed by atoms with E-state index in [1.165, 1.54) is 0 Å². The van der Waals surface area contributed by atoms with Gasteiger partial charge in [-0.3, -0.25) is 9.20 Å². The zero-order valence-corrected chi connectivity index (χ0v) is 15.2. The van der Waals surface area contributed by atoms with Crippen molar-refractivity contribution in [2.45, 2.75) is 33.6 Å². The molecule has 26 heavy (non-hydrogen) atoms. The molecule has 0 amide bonds. The number of hydrogen-bond donors (Lipinski definition) is 1. The Morgan fingerprint density at radius 2 is 1.88 bits per heavy atom. The van der Waals surface area contributed by atoms with Gasteiger partial charge in [0.15, 0.2) is 5.78 Å². The van der Waals surface area contributed by atoms with Gasteiger partial charge >= 0.3 is 0 Å². The van der Waals surface area contributed by atoms with Gasteiger partial charge in [-0.1, -0.05) is 43.7 Å². The number of imidazole rings is 1. The van der Waals surface area contributed by atoms with Crippen molar-refractivity contribution in [3.63, 3.8) is 0 Å². The summed E-state index contributed by atoms with van der Waals surface area (Å²) >= 11 is 0. The Hall–Kier alpha value is -2.95. The van der Waals surface area contributed by atoms with Crippen molar-refractivity contribution < 1.29 is 9.90 Å². The normalized spacial score (nSPS) is 17.1. The number of nitrogens with zero attached hydrogens (tertiary/aromatic N) is 3. The molecule has 5 nitrogen and oxygen atoms in total. The molecule has 4 rings (SSSR count). The van der Waals surface area contributed by atoms with Crippen LogP contribution in [-0.2, 0) is 4.79 Å². The van der Waals surface area contributed by atoms with Crippen LogP contribution < -0.4 is 0 Å². The molecule has 132 valence electrons. The smallest absolute Gasteiger partial charge is 0.234 e. The fourth-order valence-electron chi connectivity index (χ4n) is 3.60. The molecule has 1 aromatic carbocycles. The monoisotopic (exact) mass is 347 g/mol. The Bertz CT molecular complexity index is 1040. The number of aliphatic hydroxyl groups excluding tert-OH is 1. The molecule has 1 aliphatic carbocycles. The lowest BCUT2D eigenvalue weighted by atomic mass is 9.75. The predicted molar refractivity (Wildman–Crippen MR) is 101 cm³/mol. The van der Waals surface area contributed by atoms with Gasteiger partial charge in [-0.15, -0.1) is 0 Å². The molecule has 0 spiro atoms. The van der Waals surface area contributed by atoms with Gasteiger partial charge in [-0.05, 0) is 18.4 Å². The Morgan fingerprint density at radius 1 is 1.15 bits per heavy atom. The Labute approximate surface area is 152 Å². The number of ketones is 1. The third-order valence-corrected chi connectivity index (χ3v) is 4.82. The highest BCUT2D eigenvalue weighted by Crippen LogP contribution is 2.41. The van der Waals surface area contributed by atoms with Gasteiger partial charge in [0.25, 0.3) is 0 Å². The molecule has 0 aliphatic heterocycles. The summed E-state index contributed by atoms with van der Waals surface area (Å²) < 4.78 is 1.79. The van der Waals surface area contributed by atoms with Crippen LogP contribution in [0.25, 0.3) is 22.6 Å². The van der Waals surface area contributed by atoms with Crippen LogP contribution in [0.15, 0.2) is 48.5 Å². The fraction of sp³-hybridized carbons (Fsp3) is 0.286. The standard InChI is InChI=1S/C21H21N3O2/c1-13-5-7-14(8-6-13)18-19(24-10-4-9-22-20(24)23-18)17-15(25)11-21(2,3)12-16(17)26/h4-10,25H,11-12H2,1-3H3. The average Bonchev–Trinajstić information content (AvgIpc) is 2.93. The van der Waals surface area contributed by atoms with E-state index in [-0.39, 0.29) is 17.0 Å². The van der Waals surface area contributed by atoms with E-state index in [1.807, 2.05) is 51.2 Å². The molecule has 3 aromatic rings. The van der Waals surface area contributed by atoms with Crippen LogP contribution in [0.5, 0.6) is 0 Å². The number of aryl methyl sites for hydroxylation is 1. The highest BCUT2D eigenvalue weighted by atomic mass is 16.3. The van der Waals surface area contributed by atoms with Crippen LogP contribution in [0.2, 0.25) is 0 Å². The number of hydrogen-bond acceptors (Lipinski definition) is 4. The second-order valence-corrected chi connectivity index (χ2v) is 7.73. The molecule has 1 N–H and O–H groups in total. The second-order valence-electron chi connectivity index (χ2n) is 7.73. The summed E-state index contributed by atoms with van der Waals surface area (Å²) in [6.07, 6.45) is 4.36. The van der Waals surface area contributed by atoms with E-state index in [9.17, 15) is 9.90 Å². The molecule has 5 heteroatoms. The minimum absolute atomic E-state index is 0.0576. The average molecular weight is 347 g/mol. The van der Waals surface area contributed by atoms with E-state index >= 15 is 0 Å². The van der Waals surface area contributed by atoms with E-state index in [0.717, 1.165) is 11.1 Å². The molecule has 2 aromatic heterocycles. The number of carbonyl (C=O) groups is 1. The van der Waals surface area contributed by atoms with Crippen molar-refractivity contribution in [2.24, 2.45) is 5.41 Å². The number of rotatable bonds is 2. The number of benzene rings is 1. The number of Topliss-reactive ketones (excluding diaryl/α,β-unsaturated/α-hetero) is 1. The molecule has 0 atom stereocenters. The Morgan fingerprint density at radius 3 is 2.58 bits per heavy atom. The highest BCUT2D eigenvalue weighted by molar-refractivity contribution is 6.23. The molecule has 0 saturated carbocycles. The lowest BCUT2D eigenvalue weighted by Crippen LogP contribution is -2.25. The molecular weight excluding hydrogens is 326 g/mol. The number of carbonyl (C=O) groups excluding carboxylic acids is 1. The van der Waals surface area contributed by atoms with E-state index < -0.39 is 0 Å². The summed E-state index contributed by atoms with van der Waals surface area (Å²) in [6.45, 7) is 6.01. The molecule has 0 unspecified atom stereocenters. The number of allylic oxidation sites excluding steroid dienone is 2. The van der Waals surface area contributed by atoms with Crippen molar-refractivity contribution >= 4 is 17.1 Å². The molecule has 2 heterocycles. The van der Waals surface area contributed by atoms with Gasteiger partial charge in [-0.2, -0.15) is 0 Å². The summed E-state index contributed by atoms with van der Waals surface area (Å²) in [7, 11) is 0. The maximum Gasteiger partial charge on any atom is 0.234 e. The SMILES string of the molecule is Cc1ccc(-c2nc3ncccn3c2C2=C(O)CC(C)(C)CC2=O)cc1. The number of aliphatic hydroxyl groups is 1. The summed E-state index contributed by atoms with van der Waals surface area (Å²) in [4.78, 5) is 21.9. The van der Waals surface area contributed by atoms with Crippen LogP contribution in [0.3, 0.4) is 0 Å². The largest absolute Gasteiger partial charge is 0.511 e. The van der Waals surface area contributed by atoms with E-state index in [4.69, 9.17) is 0 Å². The van der Waals surface area contributed by atoms with Crippen molar-refractivity contribution in [1.82, 2.24) is 14.4 Å². The second kappa shape index (κ2) is 5.80. The minimum Gasteiger partial charge on any atom is -0.511 e. The molecular formula is C21H21N3O2. The quantitative estimate of drug-likeness (QED) is 0.748. The molecule has 0 radical (unpaired) electrons. The number of fused-ring (bicyclic) bond motifs is 1. The van der Waals surface area contributed by atoms with Crippen molar-refractivity contribution in [2.75, 3.05) is 0 Å². The molecule has 0 saturated heterocycles. The zero-order valence-electron chi connectivity index (χ0n) is 15.2. The van der Waals surface area contributed by atoms with Crippen molar-refractivity contribution in [3.8, 4) is 11.3 Å². The maximum absolute atomic E-state index is 12.9. The lowest BCUT2D eigenvalue weighted by Gasteiger charge is -2.29. The zero-order chi connectivity index (χ0) is 18.5. The van der Waals surface area contributed by atoms with Crippen LogP contribution in [0, 0.1) is 12.3 Å². The first-order valence-electron chi connectivity index (χ1n) is 8.71. The van der Waals surface area contributed by atoms with E-state index in [1.54, 1.807) is 16.7 Å². The van der Waals surface area contributed by atoms with Crippen LogP contribution in [-0.4, -0.2) is 25.3 Å². The summed E-state index contributed by atoms with van der Waals surface area (Å²) in [6, 6.07) is 9.78. The Balaban J connectivity index is 2.01. The van der Waals surface area contributed by atoms with Gasteiger partial charge < -0.3 is 5.11 Å². The summed E-state index contributed by atoms with van der Waals surface area (Å²) in [5.41, 5.74) is 3.45. The van der Waals surface area contributed by atoms with Gasteiger partial charge in [0.05, 0.1) is 17.0 Å². The van der Waals surface area contributed by atoms with Gasteiger partial charge in [-0.25, -0.2) is 9.97 Å².